The van der Waals surface area contributed by atoms with Crippen molar-refractivity contribution in [3.8, 4) is 0 Å². The molecule has 0 aromatic heterocycles. The third-order valence-electron chi connectivity index (χ3n) is 0.251. The molecule has 38 valence electrons. The summed E-state index contributed by atoms with van der Waals surface area (Å²) in [5.74, 6) is -0.396. The van der Waals surface area contributed by atoms with Gasteiger partial charge in [-0.1, -0.05) is 0 Å². The summed E-state index contributed by atoms with van der Waals surface area (Å²) in [4.78, 5) is 9.81. The van der Waals surface area contributed by atoms with Gasteiger partial charge in [0.15, 0.2) is 0 Å². The van der Waals surface area contributed by atoms with Crippen LogP contribution in [0.1, 0.15) is 6.92 Å². The van der Waals surface area contributed by atoms with E-state index in [1.807, 2.05) is 0 Å². The van der Waals surface area contributed by atoms with Gasteiger partial charge in [0.05, 0.1) is 0 Å². The van der Waals surface area contributed by atoms with E-state index in [1.54, 1.807) is 5.48 Å². The van der Waals surface area contributed by atoms with Crippen LogP contribution in [-0.4, -0.2) is 13.3 Å². The molecule has 0 aliphatic carbocycles. The molecule has 0 heterocycles. The molecule has 5 heteroatoms. The van der Waals surface area contributed by atoms with E-state index >= 15 is 0 Å². The molecule has 0 saturated heterocycles. The van der Waals surface area contributed by atoms with E-state index < -0.39 is 5.91 Å². The van der Waals surface area contributed by atoms with Crippen molar-refractivity contribution in [1.29, 1.82) is 0 Å². The number of carbonyl (C=O) groups excluding carboxylic acids is 1. The molecule has 0 atom stereocenters. The van der Waals surface area contributed by atoms with Crippen LogP contribution < -0.4 is 5.48 Å². The van der Waals surface area contributed by atoms with E-state index in [9.17, 15) is 9.50 Å². The monoisotopic (exact) mass is 101 g/mol. The van der Waals surface area contributed by atoms with Crippen LogP contribution in [0.5, 0.6) is 0 Å². The number of nitrogens with one attached hydrogen (secondary N) is 1. The molecule has 0 bridgehead atoms. The SMILES string of the molecule is CC(=O)NOB=O. The fourth-order valence-corrected chi connectivity index (χ4v) is 0.107. The van der Waals surface area contributed by atoms with Crippen LogP contribution >= 0.6 is 0 Å². The van der Waals surface area contributed by atoms with Gasteiger partial charge in [0, 0.05) is 0 Å². The number of rotatable bonds is 2. The molecule has 0 fully saturated rings. The molecule has 1 N–H and O–H groups in total. The Morgan fingerprint density at radius 1 is 1.86 bits per heavy atom. The minimum atomic E-state index is -0.396. The second kappa shape index (κ2) is 3.33. The first kappa shape index (κ1) is 6.13. The zero-order valence-corrected chi connectivity index (χ0v) is 3.80. The second-order valence-corrected chi connectivity index (χ2v) is 0.872. The summed E-state index contributed by atoms with van der Waals surface area (Å²) in [7, 11) is 0.140. The Kier molecular flexibility index (Phi) is 2.92. The molecule has 0 unspecified atom stereocenters. The Morgan fingerprint density at radius 2 is 2.43 bits per heavy atom. The van der Waals surface area contributed by atoms with Gasteiger partial charge in [0.1, 0.15) is 0 Å². The summed E-state index contributed by atoms with van der Waals surface area (Å²) >= 11 is 0. The van der Waals surface area contributed by atoms with Crippen molar-refractivity contribution in [3.05, 3.63) is 0 Å². The predicted octanol–water partition coefficient (Wildman–Crippen LogP) is -0.981. The summed E-state index contributed by atoms with van der Waals surface area (Å²) in [5, 5.41) is 0. The molecule has 0 aliphatic rings. The molecule has 0 saturated carbocycles. The summed E-state index contributed by atoms with van der Waals surface area (Å²) in [6.45, 7) is 1.24. The average Bonchev–Trinajstić information content (AvgIpc) is 1.61. The Hall–Kier alpha value is -0.865. The van der Waals surface area contributed by atoms with Crippen molar-refractivity contribution in [3.63, 3.8) is 0 Å². The van der Waals surface area contributed by atoms with Gasteiger partial charge in [0.2, 0.25) is 0 Å². The van der Waals surface area contributed by atoms with Gasteiger partial charge in [-0.3, -0.25) is 0 Å². The molecule has 0 spiro atoms. The molecule has 7 heavy (non-hydrogen) atoms. The number of hydrogen-bond acceptors (Lipinski definition) is 3. The molecule has 0 rings (SSSR count). The Morgan fingerprint density at radius 3 is 2.57 bits per heavy atom. The average molecular weight is 101 g/mol. The molecule has 4 nitrogen and oxygen atoms in total. The van der Waals surface area contributed by atoms with Crippen LogP contribution in [0.3, 0.4) is 0 Å². The van der Waals surface area contributed by atoms with E-state index in [-0.39, 0.29) is 7.35 Å². The summed E-state index contributed by atoms with van der Waals surface area (Å²) in [6.07, 6.45) is 0. The Balaban J connectivity index is 2.97. The molecular formula is C2H4BNO3. The molecule has 0 radical (unpaired) electrons. The third kappa shape index (κ3) is 5.13. The van der Waals surface area contributed by atoms with E-state index in [2.05, 4.69) is 4.76 Å². The molecule has 0 aliphatic heterocycles. The first-order valence-electron chi connectivity index (χ1n) is 1.63. The van der Waals surface area contributed by atoms with Gasteiger partial charge < -0.3 is 0 Å². The Bertz CT molecular complexity index is 83.0. The zero-order chi connectivity index (χ0) is 5.70. The van der Waals surface area contributed by atoms with Gasteiger partial charge in [-0.2, -0.15) is 0 Å². The number of amides is 1. The molecule has 0 aromatic rings. The summed E-state index contributed by atoms with van der Waals surface area (Å²) < 4.78 is 13.1. The normalized spacial score (nSPS) is 6.43. The van der Waals surface area contributed by atoms with Gasteiger partial charge in [-0.15, -0.1) is 0 Å². The fourth-order valence-electron chi connectivity index (χ4n) is 0.107. The maximum absolute atomic E-state index is 9.81. The number of hydrogen-bond donors (Lipinski definition) is 1. The van der Waals surface area contributed by atoms with Crippen molar-refractivity contribution in [1.82, 2.24) is 5.48 Å². The van der Waals surface area contributed by atoms with E-state index in [1.165, 1.54) is 6.92 Å². The third-order valence-corrected chi connectivity index (χ3v) is 0.251. The quantitative estimate of drug-likeness (QED) is 0.359. The standard InChI is InChI=1S/C2H4BNO3/c1-2(5)4-7-3-6/h1H3,(H,4,5). The molecule has 0 aromatic carbocycles. The van der Waals surface area contributed by atoms with Crippen molar-refractivity contribution < 1.29 is 14.3 Å². The van der Waals surface area contributed by atoms with Gasteiger partial charge in [-0.25, -0.2) is 0 Å². The maximum atomic E-state index is 9.81. The first-order valence-corrected chi connectivity index (χ1v) is 1.63. The van der Waals surface area contributed by atoms with Crippen molar-refractivity contribution in [2.24, 2.45) is 0 Å². The van der Waals surface area contributed by atoms with Gasteiger partial charge in [-0.05, 0) is 0 Å². The van der Waals surface area contributed by atoms with Gasteiger partial charge >= 0.3 is 39.9 Å². The summed E-state index contributed by atoms with van der Waals surface area (Å²) in [6, 6.07) is 0. The van der Waals surface area contributed by atoms with Crippen molar-refractivity contribution in [2.45, 2.75) is 6.92 Å². The van der Waals surface area contributed by atoms with Crippen molar-refractivity contribution >= 4 is 13.3 Å². The van der Waals surface area contributed by atoms with Crippen LogP contribution in [0.15, 0.2) is 0 Å². The van der Waals surface area contributed by atoms with Crippen LogP contribution in [0.4, 0.5) is 0 Å². The second-order valence-electron chi connectivity index (χ2n) is 0.872. The van der Waals surface area contributed by atoms with E-state index in [4.69, 9.17) is 0 Å². The van der Waals surface area contributed by atoms with E-state index in [0.717, 1.165) is 0 Å². The fraction of sp³-hybridized carbons (Fsp3) is 0.500. The topological polar surface area (TPSA) is 55.4 Å². The number of carbonyl (C=O) groups is 1. The minimum absolute atomic E-state index is 0.140. The molecule has 1 amide bonds. The van der Waals surface area contributed by atoms with Crippen LogP contribution in [0, 0.1) is 0 Å². The van der Waals surface area contributed by atoms with Crippen LogP contribution in [-0.2, 0) is 14.3 Å². The predicted molar refractivity (Wildman–Crippen MR) is 21.3 cm³/mol. The molecular weight excluding hydrogens is 96.8 g/mol. The zero-order valence-electron chi connectivity index (χ0n) is 3.80. The Labute approximate surface area is 41.1 Å². The van der Waals surface area contributed by atoms with Gasteiger partial charge in [0.25, 0.3) is 0 Å². The summed E-state index contributed by atoms with van der Waals surface area (Å²) in [5.41, 5.74) is 1.79. The first-order chi connectivity index (χ1) is 3.27. The van der Waals surface area contributed by atoms with E-state index in [0.29, 0.717) is 0 Å². The van der Waals surface area contributed by atoms with Crippen LogP contribution in [0.2, 0.25) is 0 Å². The number of hydroxylamine groups is 1. The van der Waals surface area contributed by atoms with Crippen LogP contribution in [0.25, 0.3) is 0 Å². The van der Waals surface area contributed by atoms with Crippen molar-refractivity contribution in [2.75, 3.05) is 0 Å².